The molecule has 2 unspecified atom stereocenters. The van der Waals surface area contributed by atoms with Crippen molar-refractivity contribution < 1.29 is 47.5 Å². The summed E-state index contributed by atoms with van der Waals surface area (Å²) < 4.78 is 55.3. The van der Waals surface area contributed by atoms with Gasteiger partial charge in [-0.2, -0.15) is 15.0 Å². The van der Waals surface area contributed by atoms with Gasteiger partial charge in [0.25, 0.3) is 24.2 Å². The topological polar surface area (TPSA) is 509 Å². The van der Waals surface area contributed by atoms with Crippen LogP contribution in [-0.2, 0) is 47.5 Å². The monoisotopic (exact) mass is 1410 g/mol. The van der Waals surface area contributed by atoms with Crippen molar-refractivity contribution in [2.45, 2.75) is 221 Å². The van der Waals surface area contributed by atoms with Gasteiger partial charge >= 0.3 is 15.1 Å². The lowest BCUT2D eigenvalue weighted by molar-refractivity contribution is 0.0764. The molecule has 0 saturated heterocycles. The number of H-pyrrole nitrogens is 3. The van der Waals surface area contributed by atoms with Crippen LogP contribution in [0.3, 0.4) is 0 Å². The summed E-state index contributed by atoms with van der Waals surface area (Å²) in [7, 11) is -11.6. The van der Waals surface area contributed by atoms with Crippen LogP contribution in [0.4, 0.5) is 17.8 Å². The first-order valence-electron chi connectivity index (χ1n) is 32.6. The Bertz CT molecular complexity index is 3540. The van der Waals surface area contributed by atoms with Crippen molar-refractivity contribution >= 4 is 74.0 Å². The fraction of sp³-hybridized carbons (Fsp3) is 0.695. The van der Waals surface area contributed by atoms with Gasteiger partial charge in [0.1, 0.15) is 25.4 Å². The van der Waals surface area contributed by atoms with Gasteiger partial charge in [0.05, 0.1) is 56.9 Å². The lowest BCUT2D eigenvalue weighted by Crippen LogP contribution is -2.36. The minimum Gasteiger partial charge on any atom is -0.369 e. The zero-order chi connectivity index (χ0) is 71.7. The number of nitrogen functional groups attached to an aromatic ring is 3. The van der Waals surface area contributed by atoms with E-state index < -0.39 is 70.3 Å². The minimum absolute atomic E-state index is 0.0113. The molecule has 7 aromatic rings. The SMILES string of the molecule is CCCCCCCCCNC(C)(C)C.CCCCNCCCCCCCCNC(C)(C)C.C[C@H](Cn1cnc2c(=O)[nH]c(N)nc21)OCP(=O)(O)O.C[C@H](Cn1cnc2c(=O)[nH]c(N)nc21)OCP(=O)(O)n1ccnc1.C[C@H](Cn1cnc2c(=O)[nH]c(N)nc21)OCP(N)(=O)O. The van der Waals surface area contributed by atoms with Gasteiger partial charge in [0, 0.05) is 23.5 Å². The van der Waals surface area contributed by atoms with Crippen LogP contribution in [-0.4, -0.2) is 162 Å². The van der Waals surface area contributed by atoms with E-state index in [1.165, 1.54) is 165 Å². The van der Waals surface area contributed by atoms with Crippen molar-refractivity contribution in [2.75, 3.05) is 62.4 Å². The zero-order valence-electron chi connectivity index (χ0n) is 57.9. The first-order chi connectivity index (χ1) is 45.0. The van der Waals surface area contributed by atoms with Crippen LogP contribution in [0.5, 0.6) is 0 Å². The number of nitrogens with two attached hydrogens (primary N) is 4. The Morgan fingerprint density at radius 1 is 0.510 bits per heavy atom. The van der Waals surface area contributed by atoms with Gasteiger partial charge in [-0.1, -0.05) is 84.5 Å². The summed E-state index contributed by atoms with van der Waals surface area (Å²) in [6.07, 6.45) is 26.2. The molecule has 0 spiro atoms. The van der Waals surface area contributed by atoms with E-state index in [0.29, 0.717) is 16.8 Å². The number of hydrogen-bond acceptors (Lipinski definition) is 22. The molecule has 0 amide bonds. The number of imidazole rings is 4. The van der Waals surface area contributed by atoms with Crippen molar-refractivity contribution in [1.29, 1.82) is 0 Å². The molecule has 0 radical (unpaired) electrons. The quantitative estimate of drug-likeness (QED) is 0.0144. The molecule has 0 aliphatic rings. The van der Waals surface area contributed by atoms with Crippen LogP contribution in [0.2, 0.25) is 0 Å². The first kappa shape index (κ1) is 84.1. The smallest absolute Gasteiger partial charge is 0.350 e. The molecule has 0 aliphatic heterocycles. The fourth-order valence-electron chi connectivity index (χ4n) is 9.01. The van der Waals surface area contributed by atoms with Crippen LogP contribution >= 0.6 is 22.6 Å². The van der Waals surface area contributed by atoms with Gasteiger partial charge in [0.15, 0.2) is 33.5 Å². The van der Waals surface area contributed by atoms with Crippen LogP contribution < -0.4 is 55.3 Å². The predicted molar refractivity (Wildman–Crippen MR) is 376 cm³/mol. The number of anilines is 3. The summed E-state index contributed by atoms with van der Waals surface area (Å²) in [5.41, 5.74) is 22.1. The Morgan fingerprint density at radius 3 is 1.20 bits per heavy atom. The van der Waals surface area contributed by atoms with E-state index in [4.69, 9.17) is 51.6 Å². The first-order valence-corrected chi connectivity index (χ1v) is 38.1. The third-order valence-corrected chi connectivity index (χ3v) is 16.3. The highest BCUT2D eigenvalue weighted by Gasteiger charge is 2.24. The molecular weight excluding hydrogens is 1300 g/mol. The molecule has 0 aromatic carbocycles. The minimum atomic E-state index is -4.21. The molecule has 0 aliphatic carbocycles. The Balaban J connectivity index is 0.000000316. The van der Waals surface area contributed by atoms with Crippen LogP contribution in [0.25, 0.3) is 33.5 Å². The van der Waals surface area contributed by atoms with Crippen molar-refractivity contribution in [3.8, 4) is 0 Å². The van der Waals surface area contributed by atoms with Crippen molar-refractivity contribution in [3.63, 3.8) is 0 Å². The number of hydrogen-bond donors (Lipinski definition) is 14. The van der Waals surface area contributed by atoms with E-state index >= 15 is 0 Å². The summed E-state index contributed by atoms with van der Waals surface area (Å²) in [5.74, 6) is -0.0598. The third-order valence-electron chi connectivity index (χ3n) is 13.9. The second-order valence-corrected chi connectivity index (χ2v) is 31.0. The Hall–Kier alpha value is -6.09. The highest BCUT2D eigenvalue weighted by molar-refractivity contribution is 7.56. The number of ether oxygens (including phenoxy) is 3. The Labute approximate surface area is 561 Å². The molecule has 18 N–H and O–H groups in total. The second kappa shape index (κ2) is 42.0. The zero-order valence-corrected chi connectivity index (χ0v) is 60.6. The van der Waals surface area contributed by atoms with Gasteiger partial charge in [-0.15, -0.1) is 0 Å². The normalized spacial score (nSPS) is 14.1. The average Bonchev–Trinajstić information content (AvgIpc) is 1.66. The van der Waals surface area contributed by atoms with Crippen molar-refractivity contribution in [1.82, 2.24) is 83.8 Å². The van der Waals surface area contributed by atoms with Gasteiger partial charge in [-0.05, 0) is 114 Å². The van der Waals surface area contributed by atoms with Crippen LogP contribution in [0.1, 0.15) is 172 Å². The summed E-state index contributed by atoms with van der Waals surface area (Å²) in [5, 5.41) is 10.6. The molecular formula is C59H110N21O13P3. The van der Waals surface area contributed by atoms with Crippen molar-refractivity contribution in [2.24, 2.45) is 5.50 Å². The number of aromatic amines is 3. The van der Waals surface area contributed by atoms with Gasteiger partial charge in [0.2, 0.25) is 17.8 Å². The highest BCUT2D eigenvalue weighted by atomic mass is 31.2. The summed E-state index contributed by atoms with van der Waals surface area (Å²) in [6, 6.07) is 0. The van der Waals surface area contributed by atoms with E-state index in [-0.39, 0.29) is 71.6 Å². The standard InChI is InChI=1S/C16H36N2.C13H29N.C12H16N7O4P.C9H15N6O4P.C9H14N5O5P/c1-5-6-13-17-14-11-9-7-8-10-12-15-18-16(2,3)4;1-5-6-7-8-9-10-11-12-14-13(2,3)4;1-8(23-7-24(21,22)19-3-2-14-5-19)4-18-6-15-9-10(18)16-12(13)17-11(9)20;1-5(19-4-20(11,17)18)2-15-3-12-6-7(15)13-9(10)14-8(6)16;1-5(19-4-20(16,17)18)2-14-3-11-6-7(14)12-9(10)13-8(6)15/h17-18H,5-15H2,1-4H3;14H,5-12H2,1-4H3;2-3,5-6,8H,4,7H2,1H3,(H,21,22)(H3,13,16,17,20);3,5H,2,4H2,1H3,(H3,11,17,18)(H3,10,13,14,16);3,5H,2,4H2,1H3,(H2,16,17,18)(H3,10,12,13,15)/t;;8-;2*5-/m..111/s1. The molecule has 7 heterocycles. The second-order valence-electron chi connectivity index (χ2n) is 25.6. The Kier molecular flexibility index (Phi) is 36.8. The lowest BCUT2D eigenvalue weighted by Gasteiger charge is -2.20. The molecule has 96 heavy (non-hydrogen) atoms. The number of nitrogens with one attached hydrogen (secondary N) is 6. The molecule has 0 fully saturated rings. The van der Waals surface area contributed by atoms with Gasteiger partial charge < -0.3 is 80.6 Å². The highest BCUT2D eigenvalue weighted by Crippen LogP contribution is 2.42. The predicted octanol–water partition coefficient (Wildman–Crippen LogP) is 6.68. The maximum Gasteiger partial charge on any atom is 0.350 e. The van der Waals surface area contributed by atoms with Crippen LogP contribution in [0, 0.1) is 0 Å². The van der Waals surface area contributed by atoms with E-state index in [1.807, 2.05) is 0 Å². The molecule has 37 heteroatoms. The van der Waals surface area contributed by atoms with Gasteiger partial charge in [-0.3, -0.25) is 52.9 Å². The average molecular weight is 1410 g/mol. The molecule has 5 atom stereocenters. The fourth-order valence-corrected chi connectivity index (χ4v) is 11.0. The van der Waals surface area contributed by atoms with Gasteiger partial charge in [-0.25, -0.2) is 19.9 Å². The molecule has 7 aromatic heterocycles. The lowest BCUT2D eigenvalue weighted by atomic mass is 10.1. The number of aromatic nitrogens is 14. The van der Waals surface area contributed by atoms with Crippen molar-refractivity contribution in [3.05, 3.63) is 68.8 Å². The number of rotatable bonds is 36. The summed E-state index contributed by atoms with van der Waals surface area (Å²) in [6.45, 7) is 28.5. The molecule has 544 valence electrons. The third kappa shape index (κ3) is 34.9. The van der Waals surface area contributed by atoms with E-state index in [2.05, 4.69) is 121 Å². The number of nitrogens with zero attached hydrogens (tertiary/aromatic N) is 11. The summed E-state index contributed by atoms with van der Waals surface area (Å²) in [4.78, 5) is 106. The number of fused-ring (bicyclic) bond motifs is 3. The maximum absolute atomic E-state index is 12.1. The molecule has 34 nitrogen and oxygen atoms in total. The van der Waals surface area contributed by atoms with Crippen LogP contribution in [0.15, 0.2) is 52.1 Å². The van der Waals surface area contributed by atoms with E-state index in [9.17, 15) is 33.0 Å². The molecule has 0 bridgehead atoms. The maximum atomic E-state index is 12.1. The largest absolute Gasteiger partial charge is 0.369 e. The molecule has 7 rings (SSSR count). The summed E-state index contributed by atoms with van der Waals surface area (Å²) >= 11 is 0. The number of unbranched alkanes of at least 4 members (excludes halogenated alkanes) is 12. The van der Waals surface area contributed by atoms with E-state index in [0.717, 1.165) is 4.34 Å². The molecule has 0 saturated carbocycles. The Morgan fingerprint density at radius 2 is 0.854 bits per heavy atom. The van der Waals surface area contributed by atoms with E-state index in [1.54, 1.807) is 29.9 Å².